The van der Waals surface area contributed by atoms with Crippen LogP contribution >= 0.6 is 11.6 Å². The van der Waals surface area contributed by atoms with Crippen LogP contribution in [0, 0.1) is 11.8 Å². The van der Waals surface area contributed by atoms with Crippen LogP contribution in [0.15, 0.2) is 18.2 Å². The Morgan fingerprint density at radius 2 is 1.81 bits per heavy atom. The van der Waals surface area contributed by atoms with Crippen molar-refractivity contribution in [2.45, 2.75) is 97.2 Å². The van der Waals surface area contributed by atoms with Gasteiger partial charge in [-0.1, -0.05) is 33.1 Å². The van der Waals surface area contributed by atoms with E-state index in [9.17, 15) is 18.0 Å². The molecule has 0 saturated carbocycles. The van der Waals surface area contributed by atoms with Crippen LogP contribution < -0.4 is 11.1 Å². The molecule has 1 aliphatic rings. The highest BCUT2D eigenvalue weighted by molar-refractivity contribution is 6.28. The van der Waals surface area contributed by atoms with E-state index in [0.717, 1.165) is 61.9 Å². The number of hydrogen-bond donors (Lipinski definition) is 2. The molecule has 0 radical (unpaired) electrons. The van der Waals surface area contributed by atoms with Gasteiger partial charge in [0.15, 0.2) is 0 Å². The molecular formula is C28H38ClF3N4O. The summed E-state index contributed by atoms with van der Waals surface area (Å²) in [7, 11) is 0. The number of anilines is 2. The Kier molecular flexibility index (Phi) is 9.48. The number of nitrogens with zero attached hydrogens (tertiary/aromatic N) is 2. The minimum Gasteiger partial charge on any atom is -0.399 e. The monoisotopic (exact) mass is 538 g/mol. The minimum atomic E-state index is -4.50. The van der Waals surface area contributed by atoms with Crippen LogP contribution in [0.25, 0.3) is 0 Å². The van der Waals surface area contributed by atoms with Crippen molar-refractivity contribution in [3.8, 4) is 0 Å². The lowest BCUT2D eigenvalue weighted by Crippen LogP contribution is -2.30. The van der Waals surface area contributed by atoms with E-state index in [4.69, 9.17) is 17.3 Å². The second-order valence-electron chi connectivity index (χ2n) is 10.8. The number of ketones is 1. The fourth-order valence-electron chi connectivity index (χ4n) is 5.19. The Morgan fingerprint density at radius 1 is 1.11 bits per heavy atom. The standard InChI is InChI=1S/C28H38ClF3N4O/c1-5-7-9-18(8-6-2)24(37)11-10-17-12-22-23(13-17)34-26(29)35-25(22)36-27(3,4)19-14-20(28(30,31)32)16-21(33)15-19/h14-18H,5-13,33H2,1-4H3,(H,34,35,36). The van der Waals surface area contributed by atoms with Gasteiger partial charge in [0.05, 0.1) is 16.8 Å². The number of nitrogen functional groups attached to an aromatic ring is 1. The molecule has 2 atom stereocenters. The molecule has 3 N–H and O–H groups in total. The molecule has 1 heterocycles. The molecule has 2 unspecified atom stereocenters. The van der Waals surface area contributed by atoms with E-state index in [1.807, 2.05) is 0 Å². The smallest absolute Gasteiger partial charge is 0.399 e. The third kappa shape index (κ3) is 7.59. The minimum absolute atomic E-state index is 0.0377. The molecule has 3 rings (SSSR count). The topological polar surface area (TPSA) is 80.9 Å². The van der Waals surface area contributed by atoms with Crippen molar-refractivity contribution in [2.75, 3.05) is 11.1 Å². The zero-order valence-electron chi connectivity index (χ0n) is 22.1. The zero-order chi connectivity index (χ0) is 27.4. The summed E-state index contributed by atoms with van der Waals surface area (Å²) >= 11 is 6.23. The predicted molar refractivity (Wildman–Crippen MR) is 143 cm³/mol. The maximum atomic E-state index is 13.4. The lowest BCUT2D eigenvalue weighted by molar-refractivity contribution is -0.137. The number of unbranched alkanes of at least 4 members (excludes halogenated alkanes) is 1. The molecule has 37 heavy (non-hydrogen) atoms. The van der Waals surface area contributed by atoms with E-state index < -0.39 is 17.3 Å². The SMILES string of the molecule is CCCCC(CCC)C(=O)CCC1Cc2nc(Cl)nc(NC(C)(C)c3cc(N)cc(C(F)(F)F)c3)c2C1. The number of carbonyl (C=O) groups excluding carboxylic acids is 1. The van der Waals surface area contributed by atoms with Crippen LogP contribution in [0.5, 0.6) is 0 Å². The van der Waals surface area contributed by atoms with Gasteiger partial charge in [0.2, 0.25) is 5.28 Å². The maximum absolute atomic E-state index is 13.4. The van der Waals surface area contributed by atoms with Gasteiger partial charge < -0.3 is 11.1 Å². The number of nitrogens with two attached hydrogens (primary N) is 1. The number of Topliss-reactive ketones (excluding diaryl/α,β-unsaturated/α-hetero) is 1. The van der Waals surface area contributed by atoms with Gasteiger partial charge in [-0.15, -0.1) is 0 Å². The normalized spacial score (nSPS) is 16.5. The lowest BCUT2D eigenvalue weighted by Gasteiger charge is -2.29. The summed E-state index contributed by atoms with van der Waals surface area (Å²) in [5.74, 6) is 1.24. The van der Waals surface area contributed by atoms with E-state index in [-0.39, 0.29) is 22.8 Å². The molecule has 0 saturated heterocycles. The lowest BCUT2D eigenvalue weighted by atomic mass is 9.88. The number of carbonyl (C=O) groups is 1. The molecule has 0 fully saturated rings. The Morgan fingerprint density at radius 3 is 2.46 bits per heavy atom. The van der Waals surface area contributed by atoms with E-state index in [1.54, 1.807) is 13.8 Å². The molecule has 9 heteroatoms. The van der Waals surface area contributed by atoms with Crippen molar-refractivity contribution >= 4 is 28.9 Å². The summed E-state index contributed by atoms with van der Waals surface area (Å²) < 4.78 is 40.2. The third-order valence-electron chi connectivity index (χ3n) is 7.27. The summed E-state index contributed by atoms with van der Waals surface area (Å²) in [5.41, 5.74) is 6.25. The first-order chi connectivity index (χ1) is 17.3. The highest BCUT2D eigenvalue weighted by Gasteiger charge is 2.34. The molecule has 0 spiro atoms. The Bertz CT molecular complexity index is 1100. The molecule has 1 aromatic carbocycles. The largest absolute Gasteiger partial charge is 0.416 e. The molecular weight excluding hydrogens is 501 g/mol. The van der Waals surface area contributed by atoms with Crippen LogP contribution in [-0.4, -0.2) is 15.8 Å². The highest BCUT2D eigenvalue weighted by atomic mass is 35.5. The quantitative estimate of drug-likeness (QED) is 0.213. The first kappa shape index (κ1) is 29.2. The van der Waals surface area contributed by atoms with Gasteiger partial charge in [-0.05, 0) is 87.2 Å². The Balaban J connectivity index is 1.75. The molecule has 1 aromatic heterocycles. The first-order valence-electron chi connectivity index (χ1n) is 13.2. The van der Waals surface area contributed by atoms with Gasteiger partial charge in [0, 0.05) is 23.6 Å². The van der Waals surface area contributed by atoms with E-state index in [0.29, 0.717) is 36.4 Å². The van der Waals surface area contributed by atoms with Crippen molar-refractivity contribution in [1.29, 1.82) is 0 Å². The number of nitrogens with one attached hydrogen (secondary N) is 1. The van der Waals surface area contributed by atoms with Crippen LogP contribution in [0.4, 0.5) is 24.7 Å². The summed E-state index contributed by atoms with van der Waals surface area (Å²) in [4.78, 5) is 21.7. The molecule has 0 bridgehead atoms. The average molecular weight is 539 g/mol. The number of hydrogen-bond acceptors (Lipinski definition) is 5. The molecule has 204 valence electrons. The van der Waals surface area contributed by atoms with E-state index in [2.05, 4.69) is 29.1 Å². The van der Waals surface area contributed by atoms with Crippen molar-refractivity contribution in [1.82, 2.24) is 9.97 Å². The van der Waals surface area contributed by atoms with Crippen molar-refractivity contribution in [3.63, 3.8) is 0 Å². The van der Waals surface area contributed by atoms with Crippen LogP contribution in [0.2, 0.25) is 5.28 Å². The summed E-state index contributed by atoms with van der Waals surface area (Å²) in [6.07, 6.45) is 3.26. The fourth-order valence-corrected chi connectivity index (χ4v) is 5.37. The van der Waals surface area contributed by atoms with Crippen LogP contribution in [-0.2, 0) is 29.4 Å². The Hall–Kier alpha value is -2.35. The van der Waals surface area contributed by atoms with Gasteiger partial charge >= 0.3 is 6.18 Å². The predicted octanol–water partition coefficient (Wildman–Crippen LogP) is 7.75. The first-order valence-corrected chi connectivity index (χ1v) is 13.6. The zero-order valence-corrected chi connectivity index (χ0v) is 22.9. The van der Waals surface area contributed by atoms with Gasteiger partial charge in [0.1, 0.15) is 11.6 Å². The van der Waals surface area contributed by atoms with Crippen LogP contribution in [0.1, 0.15) is 95.0 Å². The Labute approximate surface area is 222 Å². The number of fused-ring (bicyclic) bond motifs is 1. The highest BCUT2D eigenvalue weighted by Crippen LogP contribution is 2.38. The second kappa shape index (κ2) is 12.0. The van der Waals surface area contributed by atoms with Crippen molar-refractivity contribution in [3.05, 3.63) is 45.9 Å². The van der Waals surface area contributed by atoms with E-state index in [1.165, 1.54) is 6.07 Å². The van der Waals surface area contributed by atoms with Gasteiger partial charge in [-0.25, -0.2) is 9.97 Å². The average Bonchev–Trinajstić information content (AvgIpc) is 3.22. The molecule has 5 nitrogen and oxygen atoms in total. The summed E-state index contributed by atoms with van der Waals surface area (Å²) in [6, 6.07) is 3.56. The van der Waals surface area contributed by atoms with Crippen molar-refractivity contribution < 1.29 is 18.0 Å². The molecule has 1 aliphatic carbocycles. The van der Waals surface area contributed by atoms with Gasteiger partial charge in [-0.2, -0.15) is 13.2 Å². The molecule has 0 aliphatic heterocycles. The van der Waals surface area contributed by atoms with Crippen molar-refractivity contribution in [2.24, 2.45) is 11.8 Å². The number of alkyl halides is 3. The summed E-state index contributed by atoms with van der Waals surface area (Å²) in [6.45, 7) is 7.81. The summed E-state index contributed by atoms with van der Waals surface area (Å²) in [5, 5.41) is 3.38. The second-order valence-corrected chi connectivity index (χ2v) is 11.1. The molecule has 0 amide bonds. The number of benzene rings is 1. The molecule has 2 aromatic rings. The number of rotatable bonds is 12. The third-order valence-corrected chi connectivity index (χ3v) is 7.44. The maximum Gasteiger partial charge on any atom is 0.416 e. The van der Waals surface area contributed by atoms with Crippen LogP contribution in [0.3, 0.4) is 0 Å². The number of halogens is 4. The fraction of sp³-hybridized carbons (Fsp3) is 0.607. The number of aromatic nitrogens is 2. The van der Waals surface area contributed by atoms with Gasteiger partial charge in [-0.3, -0.25) is 4.79 Å². The van der Waals surface area contributed by atoms with Gasteiger partial charge in [0.25, 0.3) is 0 Å². The van der Waals surface area contributed by atoms with E-state index >= 15 is 0 Å².